The van der Waals surface area contributed by atoms with Crippen molar-refractivity contribution in [1.29, 1.82) is 0 Å². The number of imidazole rings is 1. The largest absolute Gasteiger partial charge is 0.478 e. The Morgan fingerprint density at radius 3 is 2.61 bits per heavy atom. The number of sulfonamides is 1. The zero-order valence-corrected chi connectivity index (χ0v) is 13.5. The van der Waals surface area contributed by atoms with E-state index in [4.69, 9.17) is 5.11 Å². The van der Waals surface area contributed by atoms with Gasteiger partial charge in [-0.05, 0) is 37.1 Å². The second kappa shape index (κ2) is 5.69. The number of aryl methyl sites for hydroxylation is 1. The van der Waals surface area contributed by atoms with Gasteiger partial charge in [-0.3, -0.25) is 4.31 Å². The van der Waals surface area contributed by atoms with Crippen molar-refractivity contribution in [2.75, 3.05) is 11.4 Å². The van der Waals surface area contributed by atoms with Gasteiger partial charge in [-0.25, -0.2) is 9.78 Å². The van der Waals surface area contributed by atoms with Gasteiger partial charge in [-0.15, -0.1) is 0 Å². The van der Waals surface area contributed by atoms with Gasteiger partial charge < -0.3 is 9.67 Å². The molecule has 0 fully saturated rings. The topological polar surface area (TPSA) is 92.5 Å². The molecule has 1 aliphatic rings. The third-order valence-corrected chi connectivity index (χ3v) is 5.82. The summed E-state index contributed by atoms with van der Waals surface area (Å²) in [6.07, 6.45) is 4.14. The lowest BCUT2D eigenvalue weighted by Crippen LogP contribution is -2.29. The van der Waals surface area contributed by atoms with Crippen LogP contribution in [0.4, 0.5) is 5.69 Å². The Morgan fingerprint density at radius 2 is 1.96 bits per heavy atom. The van der Waals surface area contributed by atoms with Gasteiger partial charge in [-0.1, -0.05) is 0 Å². The van der Waals surface area contributed by atoms with Gasteiger partial charge in [0, 0.05) is 20.0 Å². The van der Waals surface area contributed by atoms with Crippen molar-refractivity contribution in [1.82, 2.24) is 9.55 Å². The molecule has 0 atom stereocenters. The molecule has 0 unspecified atom stereocenters. The smallest absolute Gasteiger partial charge is 0.335 e. The Morgan fingerprint density at radius 1 is 1.26 bits per heavy atom. The van der Waals surface area contributed by atoms with Crippen molar-refractivity contribution in [3.8, 4) is 0 Å². The number of rotatable bonds is 4. The van der Waals surface area contributed by atoms with E-state index < -0.39 is 16.0 Å². The van der Waals surface area contributed by atoms with Crippen molar-refractivity contribution in [2.45, 2.75) is 30.8 Å². The lowest BCUT2D eigenvalue weighted by molar-refractivity contribution is 0.0697. The minimum Gasteiger partial charge on any atom is -0.478 e. The summed E-state index contributed by atoms with van der Waals surface area (Å²) in [5.41, 5.74) is 0.516. The average molecular weight is 335 g/mol. The number of hydrogen-bond donors (Lipinski definition) is 1. The van der Waals surface area contributed by atoms with Crippen molar-refractivity contribution in [2.24, 2.45) is 0 Å². The van der Waals surface area contributed by atoms with Crippen LogP contribution in [0.15, 0.2) is 35.5 Å². The van der Waals surface area contributed by atoms with Crippen molar-refractivity contribution >= 4 is 21.7 Å². The van der Waals surface area contributed by atoms with E-state index in [1.165, 1.54) is 37.5 Å². The standard InChI is InChI=1S/C15H17N3O4S/c1-17(12-7-5-11(6-8-12)15(19)20)23(21,22)14-10-16-13-4-2-3-9-18(13)14/h5-8,10H,2-4,9H2,1H3,(H,19,20). The Bertz CT molecular complexity index is 840. The van der Waals surface area contributed by atoms with Crippen LogP contribution in [0, 0.1) is 0 Å². The fourth-order valence-electron chi connectivity index (χ4n) is 2.69. The summed E-state index contributed by atoms with van der Waals surface area (Å²) in [6, 6.07) is 5.73. The van der Waals surface area contributed by atoms with Crippen molar-refractivity contribution in [3.05, 3.63) is 41.9 Å². The summed E-state index contributed by atoms with van der Waals surface area (Å²) in [4.78, 5) is 15.1. The van der Waals surface area contributed by atoms with Crippen LogP contribution >= 0.6 is 0 Å². The number of carbonyl (C=O) groups is 1. The fourth-order valence-corrected chi connectivity index (χ4v) is 4.03. The SMILES string of the molecule is CN(c1ccc(C(=O)O)cc1)S(=O)(=O)c1cnc2n1CCCC2. The molecule has 1 aromatic carbocycles. The van der Waals surface area contributed by atoms with E-state index in [2.05, 4.69) is 4.98 Å². The van der Waals surface area contributed by atoms with Crippen LogP contribution in [-0.2, 0) is 23.0 Å². The number of anilines is 1. The molecular formula is C15H17N3O4S. The molecular weight excluding hydrogens is 318 g/mol. The first-order valence-corrected chi connectivity index (χ1v) is 8.72. The van der Waals surface area contributed by atoms with Crippen molar-refractivity contribution in [3.63, 3.8) is 0 Å². The number of carboxylic acid groups (broad SMARTS) is 1. The minimum atomic E-state index is -3.74. The third kappa shape index (κ3) is 2.70. The van der Waals surface area contributed by atoms with Crippen LogP contribution in [-0.4, -0.2) is 36.1 Å². The molecule has 0 saturated heterocycles. The Kier molecular flexibility index (Phi) is 3.85. The van der Waals surface area contributed by atoms with E-state index in [9.17, 15) is 13.2 Å². The average Bonchev–Trinajstić information content (AvgIpc) is 2.99. The zero-order valence-electron chi connectivity index (χ0n) is 12.6. The van der Waals surface area contributed by atoms with Crippen LogP contribution in [0.2, 0.25) is 0 Å². The monoisotopic (exact) mass is 335 g/mol. The molecule has 7 nitrogen and oxygen atoms in total. The van der Waals surface area contributed by atoms with Crippen LogP contribution in [0.5, 0.6) is 0 Å². The molecule has 0 saturated carbocycles. The summed E-state index contributed by atoms with van der Waals surface area (Å²) < 4.78 is 28.6. The zero-order chi connectivity index (χ0) is 16.6. The molecule has 0 bridgehead atoms. The molecule has 8 heteroatoms. The highest BCUT2D eigenvalue weighted by atomic mass is 32.2. The number of aromatic carboxylic acids is 1. The summed E-state index contributed by atoms with van der Waals surface area (Å²) in [7, 11) is -2.28. The van der Waals surface area contributed by atoms with Gasteiger partial charge in [-0.2, -0.15) is 8.42 Å². The van der Waals surface area contributed by atoms with Crippen LogP contribution in [0.1, 0.15) is 29.0 Å². The number of aromatic nitrogens is 2. The first-order chi connectivity index (χ1) is 10.9. The summed E-state index contributed by atoms with van der Waals surface area (Å²) in [6.45, 7) is 0.649. The van der Waals surface area contributed by atoms with E-state index in [0.29, 0.717) is 12.2 Å². The fraction of sp³-hybridized carbons (Fsp3) is 0.333. The molecule has 3 rings (SSSR count). The predicted octanol–water partition coefficient (Wildman–Crippen LogP) is 1.74. The number of hydrogen-bond acceptors (Lipinski definition) is 4. The highest BCUT2D eigenvalue weighted by molar-refractivity contribution is 7.92. The maximum absolute atomic E-state index is 12.8. The van der Waals surface area contributed by atoms with Gasteiger partial charge in [0.2, 0.25) is 0 Å². The van der Waals surface area contributed by atoms with Gasteiger partial charge in [0.15, 0.2) is 5.03 Å². The first-order valence-electron chi connectivity index (χ1n) is 7.28. The summed E-state index contributed by atoms with van der Waals surface area (Å²) in [5.74, 6) is -0.253. The predicted molar refractivity (Wildman–Crippen MR) is 84.2 cm³/mol. The molecule has 122 valence electrons. The van der Waals surface area contributed by atoms with Crippen LogP contribution in [0.25, 0.3) is 0 Å². The molecule has 0 radical (unpaired) electrons. The molecule has 0 aliphatic carbocycles. The molecule has 1 aliphatic heterocycles. The molecule has 23 heavy (non-hydrogen) atoms. The molecule has 2 heterocycles. The molecule has 0 amide bonds. The van der Waals surface area contributed by atoms with Gasteiger partial charge in [0.1, 0.15) is 5.82 Å². The maximum atomic E-state index is 12.8. The van der Waals surface area contributed by atoms with E-state index in [1.54, 1.807) is 4.57 Å². The van der Waals surface area contributed by atoms with Crippen LogP contribution < -0.4 is 4.31 Å². The first kappa shape index (κ1) is 15.5. The Balaban J connectivity index is 1.96. The Labute approximate surface area is 134 Å². The maximum Gasteiger partial charge on any atom is 0.335 e. The number of carboxylic acids is 1. The molecule has 1 aromatic heterocycles. The van der Waals surface area contributed by atoms with E-state index in [1.807, 2.05) is 0 Å². The van der Waals surface area contributed by atoms with E-state index in [-0.39, 0.29) is 10.6 Å². The quantitative estimate of drug-likeness (QED) is 0.919. The number of nitrogens with zero attached hydrogens (tertiary/aromatic N) is 3. The van der Waals surface area contributed by atoms with Crippen molar-refractivity contribution < 1.29 is 18.3 Å². The number of benzene rings is 1. The molecule has 1 N–H and O–H groups in total. The summed E-state index contributed by atoms with van der Waals surface area (Å²) in [5, 5.41) is 9.09. The van der Waals surface area contributed by atoms with Gasteiger partial charge >= 0.3 is 5.97 Å². The van der Waals surface area contributed by atoms with Gasteiger partial charge in [0.05, 0.1) is 17.4 Å². The summed E-state index contributed by atoms with van der Waals surface area (Å²) >= 11 is 0. The number of fused-ring (bicyclic) bond motifs is 1. The van der Waals surface area contributed by atoms with Gasteiger partial charge in [0.25, 0.3) is 10.0 Å². The highest BCUT2D eigenvalue weighted by Gasteiger charge is 2.28. The van der Waals surface area contributed by atoms with Crippen LogP contribution in [0.3, 0.4) is 0 Å². The highest BCUT2D eigenvalue weighted by Crippen LogP contribution is 2.25. The second-order valence-electron chi connectivity index (χ2n) is 5.45. The second-order valence-corrected chi connectivity index (χ2v) is 7.36. The van der Waals surface area contributed by atoms with E-state index >= 15 is 0 Å². The molecule has 0 spiro atoms. The Hall–Kier alpha value is -2.35. The third-order valence-electron chi connectivity index (χ3n) is 4.04. The minimum absolute atomic E-state index is 0.112. The lowest BCUT2D eigenvalue weighted by Gasteiger charge is -2.22. The molecule has 2 aromatic rings. The lowest BCUT2D eigenvalue weighted by atomic mass is 10.2. The van der Waals surface area contributed by atoms with E-state index in [0.717, 1.165) is 29.4 Å². The normalized spacial score (nSPS) is 14.3.